The highest BCUT2D eigenvalue weighted by Crippen LogP contribution is 2.55. The highest BCUT2D eigenvalue weighted by molar-refractivity contribution is 6.21. The van der Waals surface area contributed by atoms with Crippen LogP contribution in [0.4, 0.5) is 17.1 Å². The van der Waals surface area contributed by atoms with E-state index >= 15 is 0 Å². The molecule has 0 unspecified atom stereocenters. The van der Waals surface area contributed by atoms with Crippen molar-refractivity contribution in [3.8, 4) is 27.9 Å². The molecule has 0 radical (unpaired) electrons. The molecule has 9 aromatic rings. The minimum atomic E-state index is -0.202. The van der Waals surface area contributed by atoms with Crippen LogP contribution in [0.3, 0.4) is 0 Å². The number of anilines is 3. The van der Waals surface area contributed by atoms with E-state index in [1.807, 2.05) is 0 Å². The van der Waals surface area contributed by atoms with Crippen molar-refractivity contribution >= 4 is 49.6 Å². The second kappa shape index (κ2) is 11.1. The SMILES string of the molecule is CC1(C)c2ccccc2-c2ccc(N(c3ccccc3)c3ccc4c(c3)C(C)(C)c3cccc(-n5c6ccccc6c6c7ccccc7ccc65)c3-4)cc21. The summed E-state index contributed by atoms with van der Waals surface area (Å²) in [6.45, 7) is 9.51. The number of para-hydroxylation sites is 2. The first-order valence-electron chi connectivity index (χ1n) is 19.1. The van der Waals surface area contributed by atoms with Gasteiger partial charge < -0.3 is 9.47 Å². The van der Waals surface area contributed by atoms with Crippen molar-refractivity contribution in [1.82, 2.24) is 4.57 Å². The minimum absolute atomic E-state index is 0.0820. The van der Waals surface area contributed by atoms with Crippen LogP contribution in [0.5, 0.6) is 0 Å². The molecule has 2 aliphatic rings. The third-order valence-electron chi connectivity index (χ3n) is 12.6. The van der Waals surface area contributed by atoms with Crippen LogP contribution in [-0.4, -0.2) is 4.57 Å². The molecular formula is C52H40N2. The molecule has 2 aliphatic carbocycles. The fraction of sp³-hybridized carbons (Fsp3) is 0.115. The standard InChI is InChI=1S/C52H40N2/c1-51(2)42-21-12-10-19-38(42)39-28-26-35(31-44(39)51)53(34-16-6-5-7-17-34)36-27-29-40-45(32-36)52(3,4)43-22-14-24-47(50(40)43)54-46-23-13-11-20-41(46)49-37-18-9-8-15-33(37)25-30-48(49)54/h5-32H,1-4H3. The van der Waals surface area contributed by atoms with Crippen molar-refractivity contribution < 1.29 is 0 Å². The van der Waals surface area contributed by atoms with Crippen LogP contribution in [0.2, 0.25) is 0 Å². The van der Waals surface area contributed by atoms with Crippen molar-refractivity contribution in [3.63, 3.8) is 0 Å². The van der Waals surface area contributed by atoms with Gasteiger partial charge in [-0.15, -0.1) is 0 Å². The average molecular weight is 693 g/mol. The van der Waals surface area contributed by atoms with Crippen LogP contribution in [0.15, 0.2) is 170 Å². The predicted molar refractivity (Wildman–Crippen MR) is 228 cm³/mol. The van der Waals surface area contributed by atoms with E-state index in [-0.39, 0.29) is 10.8 Å². The lowest BCUT2D eigenvalue weighted by Gasteiger charge is -2.29. The summed E-state index contributed by atoms with van der Waals surface area (Å²) >= 11 is 0. The number of aromatic nitrogens is 1. The maximum Gasteiger partial charge on any atom is 0.0547 e. The van der Waals surface area contributed by atoms with Crippen LogP contribution in [0.25, 0.3) is 60.5 Å². The highest BCUT2D eigenvalue weighted by atomic mass is 15.1. The highest BCUT2D eigenvalue weighted by Gasteiger charge is 2.39. The fourth-order valence-electron chi connectivity index (χ4n) is 9.94. The van der Waals surface area contributed by atoms with E-state index < -0.39 is 0 Å². The molecular weight excluding hydrogens is 653 g/mol. The molecule has 2 heteroatoms. The maximum absolute atomic E-state index is 2.51. The summed E-state index contributed by atoms with van der Waals surface area (Å²) in [5.74, 6) is 0. The molecule has 1 aromatic heterocycles. The van der Waals surface area contributed by atoms with E-state index in [2.05, 4.69) is 207 Å². The molecule has 0 fully saturated rings. The molecule has 11 rings (SSSR count). The zero-order valence-electron chi connectivity index (χ0n) is 31.1. The van der Waals surface area contributed by atoms with Gasteiger partial charge in [0.05, 0.1) is 16.7 Å². The number of fused-ring (bicyclic) bond motifs is 11. The third kappa shape index (κ3) is 4.17. The molecule has 54 heavy (non-hydrogen) atoms. The summed E-state index contributed by atoms with van der Waals surface area (Å²) in [5.41, 5.74) is 17.7. The number of benzene rings is 8. The quantitative estimate of drug-likeness (QED) is 0.178. The summed E-state index contributed by atoms with van der Waals surface area (Å²) in [6.07, 6.45) is 0. The Morgan fingerprint density at radius 3 is 1.83 bits per heavy atom. The van der Waals surface area contributed by atoms with Gasteiger partial charge in [-0.3, -0.25) is 0 Å². The van der Waals surface area contributed by atoms with Gasteiger partial charge in [0.1, 0.15) is 0 Å². The Kier molecular flexibility index (Phi) is 6.39. The molecule has 258 valence electrons. The Morgan fingerprint density at radius 2 is 1.02 bits per heavy atom. The van der Waals surface area contributed by atoms with E-state index in [0.717, 1.165) is 5.69 Å². The van der Waals surface area contributed by atoms with E-state index in [0.29, 0.717) is 0 Å². The second-order valence-electron chi connectivity index (χ2n) is 16.2. The molecule has 8 aromatic carbocycles. The predicted octanol–water partition coefficient (Wildman–Crippen LogP) is 14.0. The maximum atomic E-state index is 2.51. The Morgan fingerprint density at radius 1 is 0.407 bits per heavy atom. The molecule has 0 aliphatic heterocycles. The van der Waals surface area contributed by atoms with Gasteiger partial charge in [-0.2, -0.15) is 0 Å². The summed E-state index contributed by atoms with van der Waals surface area (Å²) in [4.78, 5) is 2.44. The first kappa shape index (κ1) is 31.2. The Labute approximate surface area is 316 Å². The Bertz CT molecular complexity index is 3000. The summed E-state index contributed by atoms with van der Waals surface area (Å²) in [6, 6.07) is 63.2. The van der Waals surface area contributed by atoms with Gasteiger partial charge in [0.2, 0.25) is 0 Å². The van der Waals surface area contributed by atoms with Crippen LogP contribution in [0.1, 0.15) is 49.9 Å². The monoisotopic (exact) mass is 692 g/mol. The first-order valence-corrected chi connectivity index (χ1v) is 19.1. The van der Waals surface area contributed by atoms with Crippen LogP contribution in [0, 0.1) is 0 Å². The molecule has 0 amide bonds. The van der Waals surface area contributed by atoms with Crippen molar-refractivity contribution in [1.29, 1.82) is 0 Å². The lowest BCUT2D eigenvalue weighted by Crippen LogP contribution is -2.18. The zero-order chi connectivity index (χ0) is 36.3. The van der Waals surface area contributed by atoms with E-state index in [4.69, 9.17) is 0 Å². The molecule has 0 bridgehead atoms. The molecule has 0 spiro atoms. The van der Waals surface area contributed by atoms with Crippen LogP contribution >= 0.6 is 0 Å². The number of nitrogens with zero attached hydrogens (tertiary/aromatic N) is 2. The lowest BCUT2D eigenvalue weighted by atomic mass is 9.82. The van der Waals surface area contributed by atoms with Gasteiger partial charge in [-0.25, -0.2) is 0 Å². The van der Waals surface area contributed by atoms with Gasteiger partial charge in [0, 0.05) is 44.2 Å². The van der Waals surface area contributed by atoms with Gasteiger partial charge in [-0.1, -0.05) is 143 Å². The summed E-state index contributed by atoms with van der Waals surface area (Å²) in [7, 11) is 0. The van der Waals surface area contributed by atoms with Crippen molar-refractivity contribution in [2.75, 3.05) is 4.90 Å². The Balaban J connectivity index is 1.11. The Hall–Kier alpha value is -6.38. The first-order chi connectivity index (χ1) is 26.3. The van der Waals surface area contributed by atoms with E-state index in [9.17, 15) is 0 Å². The molecule has 0 saturated heterocycles. The van der Waals surface area contributed by atoms with Crippen molar-refractivity contribution in [3.05, 3.63) is 192 Å². The number of hydrogen-bond acceptors (Lipinski definition) is 1. The normalized spacial score (nSPS) is 14.6. The topological polar surface area (TPSA) is 8.17 Å². The smallest absolute Gasteiger partial charge is 0.0547 e. The average Bonchev–Trinajstić information content (AvgIpc) is 3.75. The largest absolute Gasteiger partial charge is 0.310 e. The molecule has 0 saturated carbocycles. The van der Waals surface area contributed by atoms with Gasteiger partial charge in [-0.05, 0) is 104 Å². The number of hydrogen-bond donors (Lipinski definition) is 0. The molecule has 1 heterocycles. The van der Waals surface area contributed by atoms with Crippen LogP contribution < -0.4 is 4.90 Å². The van der Waals surface area contributed by atoms with Crippen LogP contribution in [-0.2, 0) is 10.8 Å². The lowest BCUT2D eigenvalue weighted by molar-refractivity contribution is 0.660. The van der Waals surface area contributed by atoms with Gasteiger partial charge >= 0.3 is 0 Å². The zero-order valence-corrected chi connectivity index (χ0v) is 31.1. The van der Waals surface area contributed by atoms with E-state index in [1.165, 1.54) is 94.1 Å². The fourth-order valence-corrected chi connectivity index (χ4v) is 9.94. The molecule has 0 N–H and O–H groups in total. The van der Waals surface area contributed by atoms with Gasteiger partial charge in [0.25, 0.3) is 0 Å². The van der Waals surface area contributed by atoms with Crippen molar-refractivity contribution in [2.45, 2.75) is 38.5 Å². The molecule has 0 atom stereocenters. The second-order valence-corrected chi connectivity index (χ2v) is 16.2. The third-order valence-corrected chi connectivity index (χ3v) is 12.6. The summed E-state index contributed by atoms with van der Waals surface area (Å²) in [5, 5.41) is 5.16. The number of rotatable bonds is 4. The summed E-state index contributed by atoms with van der Waals surface area (Å²) < 4.78 is 2.51. The minimum Gasteiger partial charge on any atom is -0.310 e. The molecule has 2 nitrogen and oxygen atoms in total. The van der Waals surface area contributed by atoms with Crippen molar-refractivity contribution in [2.24, 2.45) is 0 Å². The van der Waals surface area contributed by atoms with E-state index in [1.54, 1.807) is 0 Å². The van der Waals surface area contributed by atoms with Gasteiger partial charge in [0.15, 0.2) is 0 Å².